The minimum atomic E-state index is -0.111. The fourth-order valence-corrected chi connectivity index (χ4v) is 5.87. The number of amides is 1. The van der Waals surface area contributed by atoms with Crippen molar-refractivity contribution in [2.45, 2.75) is 12.3 Å². The van der Waals surface area contributed by atoms with Crippen molar-refractivity contribution in [1.82, 2.24) is 9.47 Å². The maximum atomic E-state index is 13.9. The van der Waals surface area contributed by atoms with Crippen molar-refractivity contribution < 1.29 is 14.3 Å². The van der Waals surface area contributed by atoms with Gasteiger partial charge in [-0.3, -0.25) is 4.79 Å². The Labute approximate surface area is 241 Å². The average molecular weight is 546 g/mol. The van der Waals surface area contributed by atoms with Gasteiger partial charge >= 0.3 is 0 Å². The van der Waals surface area contributed by atoms with Crippen molar-refractivity contribution in [3.05, 3.63) is 120 Å². The number of hydrogen-bond donors (Lipinski definition) is 0. The zero-order valence-corrected chi connectivity index (χ0v) is 23.6. The standard InChI is InChI=1S/C35H35N3O3/c1-36-25-31(29-15-6-7-16-32(29)36)30(26-11-10-14-28(23-26)41-27-12-4-3-5-13-27)24-35(39)38-21-19-37(20-22-38)33-17-8-9-18-34(33)40-2/h3-18,23,25,30H,19-22,24H2,1-2H3/t30-/m0/s1. The Morgan fingerprint density at radius 2 is 1.51 bits per heavy atom. The molecular formula is C35H35N3O3. The Bertz CT molecular complexity index is 1640. The normalized spacial score (nSPS) is 14.2. The number of ether oxygens (including phenoxy) is 2. The molecule has 0 aliphatic carbocycles. The topological polar surface area (TPSA) is 46.9 Å². The van der Waals surface area contributed by atoms with Crippen LogP contribution in [0.5, 0.6) is 17.2 Å². The lowest BCUT2D eigenvalue weighted by Crippen LogP contribution is -2.49. The highest BCUT2D eigenvalue weighted by Crippen LogP contribution is 2.37. The minimum absolute atomic E-state index is 0.111. The van der Waals surface area contributed by atoms with Crippen LogP contribution in [-0.4, -0.2) is 48.7 Å². The zero-order chi connectivity index (χ0) is 28.2. The highest BCUT2D eigenvalue weighted by Gasteiger charge is 2.28. The molecule has 1 aromatic heterocycles. The van der Waals surface area contributed by atoms with E-state index in [1.807, 2.05) is 65.6 Å². The number of anilines is 1. The first-order valence-corrected chi connectivity index (χ1v) is 14.1. The molecule has 0 N–H and O–H groups in total. The van der Waals surface area contributed by atoms with E-state index >= 15 is 0 Å². The summed E-state index contributed by atoms with van der Waals surface area (Å²) < 4.78 is 13.9. The molecule has 1 atom stereocenters. The molecule has 0 bridgehead atoms. The second kappa shape index (κ2) is 11.8. The van der Waals surface area contributed by atoms with Crippen molar-refractivity contribution >= 4 is 22.5 Å². The van der Waals surface area contributed by atoms with Gasteiger partial charge in [0.15, 0.2) is 0 Å². The highest BCUT2D eigenvalue weighted by molar-refractivity contribution is 5.86. The van der Waals surface area contributed by atoms with E-state index in [2.05, 4.69) is 65.2 Å². The summed E-state index contributed by atoms with van der Waals surface area (Å²) in [6.45, 7) is 2.89. The molecule has 5 aromatic rings. The number of rotatable bonds is 8. The average Bonchev–Trinajstić information content (AvgIpc) is 3.36. The summed E-state index contributed by atoms with van der Waals surface area (Å²) in [5.74, 6) is 2.46. The molecular weight excluding hydrogens is 510 g/mol. The van der Waals surface area contributed by atoms with Crippen LogP contribution in [0.1, 0.15) is 23.5 Å². The van der Waals surface area contributed by atoms with Crippen LogP contribution >= 0.6 is 0 Å². The van der Waals surface area contributed by atoms with Gasteiger partial charge in [-0.25, -0.2) is 0 Å². The van der Waals surface area contributed by atoms with Gasteiger partial charge in [0, 0.05) is 62.7 Å². The maximum Gasteiger partial charge on any atom is 0.223 e. The predicted octanol–water partition coefficient (Wildman–Crippen LogP) is 6.85. The molecule has 4 aromatic carbocycles. The highest BCUT2D eigenvalue weighted by atomic mass is 16.5. The van der Waals surface area contributed by atoms with Gasteiger partial charge in [0.05, 0.1) is 12.8 Å². The molecule has 208 valence electrons. The maximum absolute atomic E-state index is 13.9. The first kappa shape index (κ1) is 26.5. The number of nitrogens with zero attached hydrogens (tertiary/aromatic N) is 3. The zero-order valence-electron chi connectivity index (χ0n) is 23.6. The molecule has 0 saturated carbocycles. The van der Waals surface area contributed by atoms with Crippen molar-refractivity contribution in [3.8, 4) is 17.2 Å². The summed E-state index contributed by atoms with van der Waals surface area (Å²) >= 11 is 0. The van der Waals surface area contributed by atoms with Gasteiger partial charge in [-0.1, -0.05) is 60.7 Å². The summed E-state index contributed by atoms with van der Waals surface area (Å²) in [5, 5.41) is 1.17. The Morgan fingerprint density at radius 3 is 2.32 bits per heavy atom. The van der Waals surface area contributed by atoms with Crippen molar-refractivity contribution in [3.63, 3.8) is 0 Å². The summed E-state index contributed by atoms with van der Waals surface area (Å²) in [7, 11) is 3.77. The van der Waals surface area contributed by atoms with Crippen LogP contribution in [0.25, 0.3) is 10.9 Å². The molecule has 1 fully saturated rings. The number of piperazine rings is 1. The Hall–Kier alpha value is -4.71. The minimum Gasteiger partial charge on any atom is -0.495 e. The summed E-state index contributed by atoms with van der Waals surface area (Å²) in [6, 6.07) is 34.4. The molecule has 41 heavy (non-hydrogen) atoms. The van der Waals surface area contributed by atoms with E-state index in [1.165, 1.54) is 5.39 Å². The monoisotopic (exact) mass is 545 g/mol. The molecule has 6 heteroatoms. The molecule has 0 radical (unpaired) electrons. The molecule has 1 aliphatic heterocycles. The number of carbonyl (C=O) groups is 1. The number of fused-ring (bicyclic) bond motifs is 1. The van der Waals surface area contributed by atoms with Crippen LogP contribution in [0.3, 0.4) is 0 Å². The van der Waals surface area contributed by atoms with Crippen LogP contribution in [0.2, 0.25) is 0 Å². The lowest BCUT2D eigenvalue weighted by Gasteiger charge is -2.37. The summed E-state index contributed by atoms with van der Waals surface area (Å²) in [6.07, 6.45) is 2.56. The number of aryl methyl sites for hydroxylation is 1. The van der Waals surface area contributed by atoms with Crippen molar-refractivity contribution in [1.29, 1.82) is 0 Å². The van der Waals surface area contributed by atoms with Gasteiger partial charge in [-0.2, -0.15) is 0 Å². The molecule has 1 saturated heterocycles. The first-order chi connectivity index (χ1) is 20.1. The fourth-order valence-electron chi connectivity index (χ4n) is 5.87. The molecule has 0 spiro atoms. The van der Waals surface area contributed by atoms with Crippen molar-refractivity contribution in [2.75, 3.05) is 38.2 Å². The SMILES string of the molecule is COc1ccccc1N1CCN(C(=O)C[C@@H](c2cccc(Oc3ccccc3)c2)c2cn(C)c3ccccc23)CC1. The third-order valence-corrected chi connectivity index (χ3v) is 7.98. The first-order valence-electron chi connectivity index (χ1n) is 14.1. The Kier molecular flexibility index (Phi) is 7.63. The van der Waals surface area contributed by atoms with Gasteiger partial charge in [-0.15, -0.1) is 0 Å². The fraction of sp³-hybridized carbons (Fsp3) is 0.229. The van der Waals surface area contributed by atoms with Gasteiger partial charge < -0.3 is 23.8 Å². The Balaban J connectivity index is 1.26. The molecule has 2 heterocycles. The van der Waals surface area contributed by atoms with Crippen LogP contribution in [0, 0.1) is 0 Å². The molecule has 1 aliphatic rings. The number of benzene rings is 4. The summed E-state index contributed by atoms with van der Waals surface area (Å²) in [4.78, 5) is 18.2. The van der Waals surface area contributed by atoms with E-state index < -0.39 is 0 Å². The molecule has 6 rings (SSSR count). The lowest BCUT2D eigenvalue weighted by atomic mass is 9.87. The summed E-state index contributed by atoms with van der Waals surface area (Å²) in [5.41, 5.74) is 4.45. The van der Waals surface area contributed by atoms with E-state index in [0.717, 1.165) is 52.7 Å². The Morgan fingerprint density at radius 1 is 0.805 bits per heavy atom. The van der Waals surface area contributed by atoms with Gasteiger partial charge in [0.25, 0.3) is 0 Å². The van der Waals surface area contributed by atoms with Gasteiger partial charge in [0.1, 0.15) is 17.2 Å². The van der Waals surface area contributed by atoms with E-state index in [0.29, 0.717) is 19.5 Å². The van der Waals surface area contributed by atoms with Crippen molar-refractivity contribution in [2.24, 2.45) is 7.05 Å². The third-order valence-electron chi connectivity index (χ3n) is 7.98. The van der Waals surface area contributed by atoms with E-state index in [1.54, 1.807) is 7.11 Å². The van der Waals surface area contributed by atoms with E-state index in [-0.39, 0.29) is 11.8 Å². The lowest BCUT2D eigenvalue weighted by molar-refractivity contribution is -0.131. The largest absolute Gasteiger partial charge is 0.495 e. The second-order valence-electron chi connectivity index (χ2n) is 10.5. The molecule has 6 nitrogen and oxygen atoms in total. The quantitative estimate of drug-likeness (QED) is 0.214. The van der Waals surface area contributed by atoms with Gasteiger partial charge in [0.2, 0.25) is 5.91 Å². The van der Waals surface area contributed by atoms with Crippen LogP contribution in [-0.2, 0) is 11.8 Å². The van der Waals surface area contributed by atoms with Crippen LogP contribution in [0.4, 0.5) is 5.69 Å². The van der Waals surface area contributed by atoms with Crippen LogP contribution < -0.4 is 14.4 Å². The molecule has 1 amide bonds. The second-order valence-corrected chi connectivity index (χ2v) is 10.5. The van der Waals surface area contributed by atoms with E-state index in [4.69, 9.17) is 9.47 Å². The smallest absolute Gasteiger partial charge is 0.223 e. The number of para-hydroxylation sites is 4. The number of aromatic nitrogens is 1. The number of carbonyl (C=O) groups excluding carboxylic acids is 1. The van der Waals surface area contributed by atoms with Crippen LogP contribution in [0.15, 0.2) is 109 Å². The predicted molar refractivity (Wildman–Crippen MR) is 164 cm³/mol. The number of methoxy groups -OCH3 is 1. The third kappa shape index (κ3) is 5.64. The molecule has 0 unspecified atom stereocenters. The van der Waals surface area contributed by atoms with Gasteiger partial charge in [-0.05, 0) is 53.6 Å². The number of hydrogen-bond acceptors (Lipinski definition) is 4. The van der Waals surface area contributed by atoms with E-state index in [9.17, 15) is 4.79 Å².